The number of amides is 1. The first kappa shape index (κ1) is 18.6. The van der Waals surface area contributed by atoms with Gasteiger partial charge in [-0.15, -0.1) is 0 Å². The van der Waals surface area contributed by atoms with E-state index in [2.05, 4.69) is 5.32 Å². The van der Waals surface area contributed by atoms with Crippen LogP contribution in [-0.2, 0) is 4.79 Å². The van der Waals surface area contributed by atoms with Gasteiger partial charge in [-0.1, -0.05) is 24.3 Å². The molecule has 140 valence electrons. The van der Waals surface area contributed by atoms with Crippen LogP contribution in [0.1, 0.15) is 24.9 Å². The van der Waals surface area contributed by atoms with Crippen LogP contribution in [0, 0.1) is 0 Å². The second kappa shape index (κ2) is 8.94. The van der Waals surface area contributed by atoms with Crippen molar-refractivity contribution in [2.45, 2.75) is 19.4 Å². The molecule has 0 fully saturated rings. The van der Waals surface area contributed by atoms with E-state index in [1.54, 1.807) is 7.11 Å². The van der Waals surface area contributed by atoms with Crippen LogP contribution in [0.4, 0.5) is 5.69 Å². The zero-order valence-corrected chi connectivity index (χ0v) is 15.6. The third kappa shape index (κ3) is 4.70. The monoisotopic (exact) mass is 364 g/mol. The average molecular weight is 364 g/mol. The summed E-state index contributed by atoms with van der Waals surface area (Å²) in [6.07, 6.45) is 4.22. The summed E-state index contributed by atoms with van der Waals surface area (Å²) in [6, 6.07) is 19.1. The summed E-state index contributed by atoms with van der Waals surface area (Å²) < 4.78 is 13.0. The Morgan fingerprint density at radius 3 is 2.59 bits per heavy atom. The number of rotatable bonds is 8. The number of carbonyl (C=O) groups excluding carboxylic acids is 1. The van der Waals surface area contributed by atoms with Crippen molar-refractivity contribution in [3.8, 4) is 11.5 Å². The molecule has 0 aliphatic carbocycles. The molecule has 0 radical (unpaired) electrons. The summed E-state index contributed by atoms with van der Waals surface area (Å²) in [6.45, 7) is 2.46. The first-order valence-electron chi connectivity index (χ1n) is 8.99. The highest BCUT2D eigenvalue weighted by Gasteiger charge is 2.19. The maximum atomic E-state index is 12.8. The van der Waals surface area contributed by atoms with E-state index in [-0.39, 0.29) is 11.9 Å². The summed E-state index contributed by atoms with van der Waals surface area (Å²) in [5.41, 5.74) is 1.69. The molecule has 1 N–H and O–H groups in total. The topological polar surface area (TPSA) is 52.5 Å². The van der Waals surface area contributed by atoms with Crippen molar-refractivity contribution >= 4 is 11.6 Å². The lowest BCUT2D eigenvalue weighted by atomic mass is 10.0. The number of para-hydroxylation sites is 2. The second-order valence-electron chi connectivity index (χ2n) is 6.10. The van der Waals surface area contributed by atoms with E-state index in [4.69, 9.17) is 9.47 Å². The molecule has 0 bridgehead atoms. The van der Waals surface area contributed by atoms with E-state index in [0.717, 1.165) is 11.3 Å². The van der Waals surface area contributed by atoms with Crippen LogP contribution in [0.25, 0.3) is 0 Å². The molecule has 0 spiro atoms. The number of benzene rings is 2. The van der Waals surface area contributed by atoms with Gasteiger partial charge in [-0.3, -0.25) is 4.79 Å². The van der Waals surface area contributed by atoms with E-state index in [1.807, 2.05) is 84.5 Å². The molecule has 3 aromatic rings. The Bertz CT molecular complexity index is 875. The number of hydrogen-bond acceptors (Lipinski definition) is 3. The number of nitrogens with zero attached hydrogens (tertiary/aromatic N) is 1. The van der Waals surface area contributed by atoms with Crippen molar-refractivity contribution in [3.05, 3.63) is 78.6 Å². The molecule has 5 nitrogen and oxygen atoms in total. The van der Waals surface area contributed by atoms with Crippen LogP contribution in [0.3, 0.4) is 0 Å². The van der Waals surface area contributed by atoms with Crippen LogP contribution >= 0.6 is 0 Å². The Morgan fingerprint density at radius 2 is 1.85 bits per heavy atom. The SMILES string of the molecule is CCOc1ccccc1NC(=O)C[C@H](c1cccc(OC)c1)n1cccc1. The molecular formula is C22H24N2O3. The third-order valence-electron chi connectivity index (χ3n) is 4.31. The van der Waals surface area contributed by atoms with Gasteiger partial charge in [0.15, 0.2) is 0 Å². The lowest BCUT2D eigenvalue weighted by Gasteiger charge is -2.20. The number of carbonyl (C=O) groups is 1. The molecule has 1 amide bonds. The average Bonchev–Trinajstić information content (AvgIpc) is 3.22. The van der Waals surface area contributed by atoms with E-state index in [9.17, 15) is 4.79 Å². The van der Waals surface area contributed by atoms with Gasteiger partial charge >= 0.3 is 0 Å². The molecule has 1 heterocycles. The van der Waals surface area contributed by atoms with Gasteiger partial charge in [0.1, 0.15) is 11.5 Å². The van der Waals surface area contributed by atoms with Crippen LogP contribution in [0.2, 0.25) is 0 Å². The number of methoxy groups -OCH3 is 1. The number of nitrogens with one attached hydrogen (secondary N) is 1. The smallest absolute Gasteiger partial charge is 0.226 e. The molecule has 3 rings (SSSR count). The fourth-order valence-corrected chi connectivity index (χ4v) is 3.03. The predicted molar refractivity (Wildman–Crippen MR) is 106 cm³/mol. The van der Waals surface area contributed by atoms with Gasteiger partial charge in [0.05, 0.1) is 31.9 Å². The van der Waals surface area contributed by atoms with Crippen LogP contribution in [-0.4, -0.2) is 24.2 Å². The molecular weight excluding hydrogens is 340 g/mol. The maximum Gasteiger partial charge on any atom is 0.226 e. The summed E-state index contributed by atoms with van der Waals surface area (Å²) in [4.78, 5) is 12.8. The van der Waals surface area contributed by atoms with Crippen LogP contribution in [0.15, 0.2) is 73.1 Å². The van der Waals surface area contributed by atoms with Gasteiger partial charge in [-0.25, -0.2) is 0 Å². The predicted octanol–water partition coefficient (Wildman–Crippen LogP) is 4.51. The number of hydrogen-bond donors (Lipinski definition) is 1. The minimum atomic E-state index is -0.130. The minimum absolute atomic E-state index is 0.0799. The largest absolute Gasteiger partial charge is 0.497 e. The molecule has 1 atom stereocenters. The van der Waals surface area contributed by atoms with Gasteiger partial charge in [0.2, 0.25) is 5.91 Å². The van der Waals surface area contributed by atoms with Gasteiger partial charge in [0, 0.05) is 12.4 Å². The quantitative estimate of drug-likeness (QED) is 0.640. The Hall–Kier alpha value is -3.21. The zero-order chi connectivity index (χ0) is 19.1. The van der Waals surface area contributed by atoms with Crippen LogP contribution < -0.4 is 14.8 Å². The Balaban J connectivity index is 1.81. The highest BCUT2D eigenvalue weighted by atomic mass is 16.5. The van der Waals surface area contributed by atoms with Crippen molar-refractivity contribution in [1.29, 1.82) is 0 Å². The maximum absolute atomic E-state index is 12.8. The summed E-state index contributed by atoms with van der Waals surface area (Å²) >= 11 is 0. The molecule has 0 saturated heterocycles. The molecule has 0 unspecified atom stereocenters. The van der Waals surface area contributed by atoms with Crippen molar-refractivity contribution in [2.24, 2.45) is 0 Å². The minimum Gasteiger partial charge on any atom is -0.497 e. The van der Waals surface area contributed by atoms with E-state index < -0.39 is 0 Å². The molecule has 2 aromatic carbocycles. The highest BCUT2D eigenvalue weighted by molar-refractivity contribution is 5.92. The zero-order valence-electron chi connectivity index (χ0n) is 15.6. The van der Waals surface area contributed by atoms with Gasteiger partial charge < -0.3 is 19.4 Å². The summed E-state index contributed by atoms with van der Waals surface area (Å²) in [5, 5.41) is 2.98. The lowest BCUT2D eigenvalue weighted by Crippen LogP contribution is -2.20. The van der Waals surface area contributed by atoms with Crippen molar-refractivity contribution < 1.29 is 14.3 Å². The Kier molecular flexibility index (Phi) is 6.15. The fourth-order valence-electron chi connectivity index (χ4n) is 3.03. The number of aromatic nitrogens is 1. The van der Waals surface area contributed by atoms with Crippen molar-refractivity contribution in [2.75, 3.05) is 19.0 Å². The lowest BCUT2D eigenvalue weighted by molar-refractivity contribution is -0.116. The molecule has 27 heavy (non-hydrogen) atoms. The van der Waals surface area contributed by atoms with Crippen molar-refractivity contribution in [3.63, 3.8) is 0 Å². The third-order valence-corrected chi connectivity index (χ3v) is 4.31. The Labute approximate surface area is 159 Å². The Morgan fingerprint density at radius 1 is 1.07 bits per heavy atom. The number of ether oxygens (including phenoxy) is 2. The van der Waals surface area contributed by atoms with Gasteiger partial charge in [-0.2, -0.15) is 0 Å². The van der Waals surface area contributed by atoms with Gasteiger partial charge in [0.25, 0.3) is 0 Å². The molecule has 5 heteroatoms. The summed E-state index contributed by atoms with van der Waals surface area (Å²) in [7, 11) is 1.64. The van der Waals surface area contributed by atoms with E-state index in [1.165, 1.54) is 0 Å². The van der Waals surface area contributed by atoms with Crippen molar-refractivity contribution in [1.82, 2.24) is 4.57 Å². The van der Waals surface area contributed by atoms with E-state index >= 15 is 0 Å². The van der Waals surface area contributed by atoms with E-state index in [0.29, 0.717) is 24.5 Å². The normalized spacial score (nSPS) is 11.6. The first-order valence-corrected chi connectivity index (χ1v) is 8.99. The number of anilines is 1. The highest BCUT2D eigenvalue weighted by Crippen LogP contribution is 2.28. The fraction of sp³-hybridized carbons (Fsp3) is 0.227. The first-order chi connectivity index (χ1) is 13.2. The molecule has 1 aromatic heterocycles. The van der Waals surface area contributed by atoms with Crippen LogP contribution in [0.5, 0.6) is 11.5 Å². The molecule has 0 saturated carbocycles. The molecule has 0 aliphatic heterocycles. The van der Waals surface area contributed by atoms with Gasteiger partial charge in [-0.05, 0) is 48.9 Å². The summed E-state index contributed by atoms with van der Waals surface area (Å²) in [5.74, 6) is 1.36. The standard InChI is InChI=1S/C22H24N2O3/c1-3-27-21-12-5-4-11-19(21)23-22(25)16-20(24-13-6-7-14-24)17-9-8-10-18(15-17)26-2/h4-15,20H,3,16H2,1-2H3,(H,23,25)/t20-/m1/s1. The second-order valence-corrected chi connectivity index (χ2v) is 6.10. The molecule has 0 aliphatic rings.